The molecule has 0 fully saturated rings. The fourth-order valence-corrected chi connectivity index (χ4v) is 1.67. The zero-order chi connectivity index (χ0) is 16.3. The van der Waals surface area contributed by atoms with Crippen LogP contribution in [0.25, 0.3) is 0 Å². The first-order valence-electron chi connectivity index (χ1n) is 6.01. The molecule has 0 spiro atoms. The Morgan fingerprint density at radius 2 is 1.50 bits per heavy atom. The van der Waals surface area contributed by atoms with Crippen molar-refractivity contribution in [2.45, 2.75) is 6.23 Å². The SMILES string of the molecule is O=C(ON1C(=O)C=CC1=O)C(OCCO)N1C(=O)C=CC1=O. The molecule has 0 radical (unpaired) electrons. The highest BCUT2D eigenvalue weighted by Gasteiger charge is 2.40. The van der Waals surface area contributed by atoms with E-state index in [0.717, 1.165) is 24.3 Å². The minimum atomic E-state index is -1.83. The monoisotopic (exact) mass is 310 g/mol. The maximum absolute atomic E-state index is 12.0. The lowest BCUT2D eigenvalue weighted by Crippen LogP contribution is -2.50. The summed E-state index contributed by atoms with van der Waals surface area (Å²) in [5.74, 6) is -4.78. The van der Waals surface area contributed by atoms with Gasteiger partial charge >= 0.3 is 5.97 Å². The molecule has 4 amide bonds. The number of hydroxylamine groups is 2. The van der Waals surface area contributed by atoms with E-state index in [1.165, 1.54) is 0 Å². The van der Waals surface area contributed by atoms with Crippen molar-refractivity contribution in [3.63, 3.8) is 0 Å². The van der Waals surface area contributed by atoms with Crippen molar-refractivity contribution in [3.8, 4) is 0 Å². The fourth-order valence-electron chi connectivity index (χ4n) is 1.67. The third-order valence-electron chi connectivity index (χ3n) is 2.60. The van der Waals surface area contributed by atoms with Gasteiger partial charge in [0.05, 0.1) is 13.2 Å². The molecular weight excluding hydrogens is 300 g/mol. The molecule has 0 aromatic carbocycles. The van der Waals surface area contributed by atoms with Gasteiger partial charge in [0.1, 0.15) is 0 Å². The molecule has 22 heavy (non-hydrogen) atoms. The molecule has 0 saturated carbocycles. The summed E-state index contributed by atoms with van der Waals surface area (Å²) in [6, 6.07) is 0. The Hall–Kier alpha value is -2.85. The van der Waals surface area contributed by atoms with E-state index in [1.807, 2.05) is 0 Å². The van der Waals surface area contributed by atoms with E-state index in [-0.39, 0.29) is 11.7 Å². The van der Waals surface area contributed by atoms with Gasteiger partial charge in [-0.3, -0.25) is 19.2 Å². The highest BCUT2D eigenvalue weighted by molar-refractivity contribution is 6.15. The highest BCUT2D eigenvalue weighted by Crippen LogP contribution is 2.14. The van der Waals surface area contributed by atoms with Gasteiger partial charge in [-0.1, -0.05) is 5.06 Å². The second-order valence-electron chi connectivity index (χ2n) is 4.04. The summed E-state index contributed by atoms with van der Waals surface area (Å²) in [4.78, 5) is 62.7. The highest BCUT2D eigenvalue weighted by atomic mass is 16.7. The molecule has 1 atom stereocenters. The molecule has 2 aliphatic rings. The van der Waals surface area contributed by atoms with E-state index in [9.17, 15) is 24.0 Å². The molecule has 2 heterocycles. The molecule has 0 aromatic rings. The van der Waals surface area contributed by atoms with Gasteiger partial charge in [-0.25, -0.2) is 9.69 Å². The number of hydrogen-bond acceptors (Lipinski definition) is 8. The molecule has 0 bridgehead atoms. The maximum Gasteiger partial charge on any atom is 0.382 e. The van der Waals surface area contributed by atoms with Gasteiger partial charge in [0.2, 0.25) is 6.23 Å². The first-order valence-corrected chi connectivity index (χ1v) is 6.01. The Bertz CT molecular complexity index is 572. The van der Waals surface area contributed by atoms with Gasteiger partial charge in [-0.15, -0.1) is 0 Å². The van der Waals surface area contributed by atoms with Crippen LogP contribution < -0.4 is 0 Å². The van der Waals surface area contributed by atoms with Gasteiger partial charge in [0.15, 0.2) is 0 Å². The molecule has 0 aromatic heterocycles. The van der Waals surface area contributed by atoms with Crippen LogP contribution in [0.2, 0.25) is 0 Å². The van der Waals surface area contributed by atoms with Crippen LogP contribution in [0.5, 0.6) is 0 Å². The number of imide groups is 2. The summed E-state index contributed by atoms with van der Waals surface area (Å²) in [5, 5.41) is 8.89. The van der Waals surface area contributed by atoms with Gasteiger partial charge in [-0.2, -0.15) is 0 Å². The van der Waals surface area contributed by atoms with E-state index < -0.39 is 42.4 Å². The number of nitrogens with zero attached hydrogens (tertiary/aromatic N) is 2. The van der Waals surface area contributed by atoms with Crippen LogP contribution in [0.3, 0.4) is 0 Å². The van der Waals surface area contributed by atoms with Crippen LogP contribution in [-0.2, 0) is 33.5 Å². The topological polar surface area (TPSA) is 131 Å². The Balaban J connectivity index is 2.13. The van der Waals surface area contributed by atoms with E-state index in [0.29, 0.717) is 4.90 Å². The van der Waals surface area contributed by atoms with E-state index >= 15 is 0 Å². The van der Waals surface area contributed by atoms with Crippen molar-refractivity contribution in [2.24, 2.45) is 0 Å². The smallest absolute Gasteiger partial charge is 0.382 e. The van der Waals surface area contributed by atoms with Gasteiger partial charge < -0.3 is 14.7 Å². The molecule has 0 aliphatic carbocycles. The van der Waals surface area contributed by atoms with Gasteiger partial charge in [0, 0.05) is 24.3 Å². The molecule has 116 valence electrons. The number of aliphatic hydroxyl groups excluding tert-OH is 1. The molecule has 2 rings (SSSR count). The lowest BCUT2D eigenvalue weighted by atomic mass is 10.4. The minimum absolute atomic E-state index is 0.163. The molecule has 1 N–H and O–H groups in total. The van der Waals surface area contributed by atoms with Crippen molar-refractivity contribution < 1.29 is 38.7 Å². The van der Waals surface area contributed by atoms with Crippen molar-refractivity contribution in [2.75, 3.05) is 13.2 Å². The number of ether oxygens (including phenoxy) is 1. The average molecular weight is 310 g/mol. The normalized spacial score (nSPS) is 18.6. The second-order valence-corrected chi connectivity index (χ2v) is 4.04. The summed E-state index contributed by atoms with van der Waals surface area (Å²) in [7, 11) is 0. The number of carbonyl (C=O) groups excluding carboxylic acids is 5. The average Bonchev–Trinajstić information content (AvgIpc) is 2.97. The zero-order valence-corrected chi connectivity index (χ0v) is 11.0. The van der Waals surface area contributed by atoms with Crippen molar-refractivity contribution in [3.05, 3.63) is 24.3 Å². The Kier molecular flexibility index (Phi) is 4.44. The quantitative estimate of drug-likeness (QED) is 0.539. The lowest BCUT2D eigenvalue weighted by Gasteiger charge is -2.25. The Morgan fingerprint density at radius 1 is 1.00 bits per heavy atom. The third-order valence-corrected chi connectivity index (χ3v) is 2.60. The van der Waals surface area contributed by atoms with Crippen molar-refractivity contribution in [1.29, 1.82) is 0 Å². The fraction of sp³-hybridized carbons (Fsp3) is 0.250. The first kappa shape index (κ1) is 15.5. The summed E-state index contributed by atoms with van der Waals surface area (Å²) in [5.41, 5.74) is 0. The number of carbonyl (C=O) groups is 5. The van der Waals surface area contributed by atoms with Crippen LogP contribution in [0.1, 0.15) is 0 Å². The molecule has 10 nitrogen and oxygen atoms in total. The molecule has 10 heteroatoms. The second kappa shape index (κ2) is 6.28. The van der Waals surface area contributed by atoms with Crippen LogP contribution in [0, 0.1) is 0 Å². The van der Waals surface area contributed by atoms with E-state index in [4.69, 9.17) is 9.84 Å². The Labute approximate surface area is 123 Å². The van der Waals surface area contributed by atoms with Crippen LogP contribution in [0.15, 0.2) is 24.3 Å². The molecule has 0 saturated heterocycles. The van der Waals surface area contributed by atoms with Crippen molar-refractivity contribution >= 4 is 29.6 Å². The van der Waals surface area contributed by atoms with Crippen LogP contribution in [-0.4, -0.2) is 64.1 Å². The number of rotatable bonds is 6. The number of amides is 4. The standard InChI is InChI=1S/C12H10N2O8/c15-5-6-21-11(13-7(16)1-2-8(13)17)12(20)22-14-9(18)3-4-10(14)19/h1-4,11,15H,5-6H2. The summed E-state index contributed by atoms with van der Waals surface area (Å²) in [6.07, 6.45) is 1.76. The number of aliphatic hydroxyl groups is 1. The summed E-state index contributed by atoms with van der Waals surface area (Å²) < 4.78 is 4.91. The minimum Gasteiger partial charge on any atom is -0.394 e. The first-order chi connectivity index (χ1) is 10.5. The van der Waals surface area contributed by atoms with Crippen LogP contribution >= 0.6 is 0 Å². The van der Waals surface area contributed by atoms with E-state index in [1.54, 1.807) is 0 Å². The third kappa shape index (κ3) is 2.92. The van der Waals surface area contributed by atoms with Gasteiger partial charge in [0.25, 0.3) is 23.6 Å². The van der Waals surface area contributed by atoms with Crippen molar-refractivity contribution in [1.82, 2.24) is 9.96 Å². The van der Waals surface area contributed by atoms with Crippen LogP contribution in [0.4, 0.5) is 0 Å². The molecule has 2 aliphatic heterocycles. The maximum atomic E-state index is 12.0. The zero-order valence-electron chi connectivity index (χ0n) is 11.0. The largest absolute Gasteiger partial charge is 0.394 e. The summed E-state index contributed by atoms with van der Waals surface area (Å²) >= 11 is 0. The predicted octanol–water partition coefficient (Wildman–Crippen LogP) is -2.37. The van der Waals surface area contributed by atoms with Gasteiger partial charge in [-0.05, 0) is 0 Å². The molecular formula is C12H10N2O8. The summed E-state index contributed by atoms with van der Waals surface area (Å²) in [6.45, 7) is -0.868. The predicted molar refractivity (Wildman–Crippen MR) is 64.9 cm³/mol. The lowest BCUT2D eigenvalue weighted by molar-refractivity contribution is -0.212. The Morgan fingerprint density at radius 3 is 2.00 bits per heavy atom. The van der Waals surface area contributed by atoms with E-state index in [2.05, 4.69) is 4.84 Å². The molecule has 1 unspecified atom stereocenters. The number of hydrogen-bond donors (Lipinski definition) is 1.